The van der Waals surface area contributed by atoms with Gasteiger partial charge in [-0.1, -0.05) is 11.6 Å². The minimum atomic E-state index is 0.527. The van der Waals surface area contributed by atoms with Crippen LogP contribution in [0.25, 0.3) is 11.3 Å². The van der Waals surface area contributed by atoms with Crippen molar-refractivity contribution in [2.45, 2.75) is 13.3 Å². The van der Waals surface area contributed by atoms with Gasteiger partial charge < -0.3 is 15.2 Å². The van der Waals surface area contributed by atoms with Crippen molar-refractivity contribution in [3.05, 3.63) is 22.2 Å². The van der Waals surface area contributed by atoms with Crippen LogP contribution < -0.4 is 15.2 Å². The number of fused-ring (bicyclic) bond motifs is 1. The number of aryl methyl sites for hydroxylation is 1. The Labute approximate surface area is 120 Å². The summed E-state index contributed by atoms with van der Waals surface area (Å²) in [6, 6.07) is 3.71. The molecule has 19 heavy (non-hydrogen) atoms. The molecule has 0 bridgehead atoms. The molecule has 1 aromatic carbocycles. The predicted molar refractivity (Wildman–Crippen MR) is 77.3 cm³/mol. The Bertz CT molecular complexity index is 627. The summed E-state index contributed by atoms with van der Waals surface area (Å²) in [5, 5.41) is 2.14. The van der Waals surface area contributed by atoms with Crippen LogP contribution in [0.1, 0.15) is 11.4 Å². The second kappa shape index (κ2) is 4.90. The van der Waals surface area contributed by atoms with Gasteiger partial charge in [0.05, 0.1) is 23.2 Å². The fourth-order valence-corrected chi connectivity index (χ4v) is 3.00. The molecule has 100 valence electrons. The first-order chi connectivity index (χ1) is 9.15. The van der Waals surface area contributed by atoms with Crippen LogP contribution >= 0.6 is 22.9 Å². The topological polar surface area (TPSA) is 57.4 Å². The molecule has 2 aromatic rings. The van der Waals surface area contributed by atoms with E-state index in [0.717, 1.165) is 22.7 Å². The zero-order valence-corrected chi connectivity index (χ0v) is 12.0. The Morgan fingerprint density at radius 2 is 2.11 bits per heavy atom. The second-order valence-electron chi connectivity index (χ2n) is 4.28. The van der Waals surface area contributed by atoms with Crippen molar-refractivity contribution < 1.29 is 9.47 Å². The average Bonchev–Trinajstić information content (AvgIpc) is 2.59. The molecular formula is C13H13ClN2O2S. The van der Waals surface area contributed by atoms with Crippen LogP contribution in [0.4, 0.5) is 5.00 Å². The maximum Gasteiger partial charge on any atom is 0.179 e. The number of nitrogen functional groups attached to an aromatic ring is 1. The van der Waals surface area contributed by atoms with E-state index >= 15 is 0 Å². The highest BCUT2D eigenvalue weighted by molar-refractivity contribution is 7.16. The number of ether oxygens (including phenoxy) is 2. The normalized spacial score (nSPS) is 14.2. The second-order valence-corrected chi connectivity index (χ2v) is 5.92. The van der Waals surface area contributed by atoms with E-state index in [9.17, 15) is 0 Å². The molecule has 6 heteroatoms. The monoisotopic (exact) mass is 296 g/mol. The molecule has 1 aliphatic heterocycles. The summed E-state index contributed by atoms with van der Waals surface area (Å²) >= 11 is 7.72. The van der Waals surface area contributed by atoms with Crippen LogP contribution in [0.2, 0.25) is 5.02 Å². The molecule has 2 N–H and O–H groups in total. The van der Waals surface area contributed by atoms with Gasteiger partial charge in [0.25, 0.3) is 0 Å². The van der Waals surface area contributed by atoms with E-state index in [0.29, 0.717) is 34.7 Å². The molecule has 1 aliphatic rings. The predicted octanol–water partition coefficient (Wildman–Crippen LogP) is 3.52. The maximum atomic E-state index is 6.26. The highest BCUT2D eigenvalue weighted by Gasteiger charge is 2.18. The summed E-state index contributed by atoms with van der Waals surface area (Å²) in [4.78, 5) is 4.43. The summed E-state index contributed by atoms with van der Waals surface area (Å²) < 4.78 is 11.3. The smallest absolute Gasteiger partial charge is 0.179 e. The molecule has 0 fully saturated rings. The standard InChI is InChI=1S/C13H13ClN2O2S/c1-7-16-11(13(15)19-7)8-5-9(14)12-10(6-8)17-3-2-4-18-12/h5-6H,2-4,15H2,1H3. The molecule has 0 saturated carbocycles. The Hall–Kier alpha value is -1.46. The highest BCUT2D eigenvalue weighted by Crippen LogP contribution is 2.42. The largest absolute Gasteiger partial charge is 0.489 e. The lowest BCUT2D eigenvalue weighted by molar-refractivity contribution is 0.297. The van der Waals surface area contributed by atoms with E-state index in [1.807, 2.05) is 19.1 Å². The van der Waals surface area contributed by atoms with Crippen LogP contribution in [0, 0.1) is 6.92 Å². The quantitative estimate of drug-likeness (QED) is 0.875. The van der Waals surface area contributed by atoms with Gasteiger partial charge >= 0.3 is 0 Å². The van der Waals surface area contributed by atoms with Crippen molar-refractivity contribution in [2.24, 2.45) is 0 Å². The zero-order valence-electron chi connectivity index (χ0n) is 10.4. The van der Waals surface area contributed by atoms with Gasteiger partial charge in [-0.3, -0.25) is 0 Å². The lowest BCUT2D eigenvalue weighted by atomic mass is 10.1. The third-order valence-corrected chi connectivity index (χ3v) is 3.92. The van der Waals surface area contributed by atoms with E-state index < -0.39 is 0 Å². The van der Waals surface area contributed by atoms with Crippen LogP contribution in [0.3, 0.4) is 0 Å². The Balaban J connectivity index is 2.11. The first-order valence-corrected chi connectivity index (χ1v) is 7.17. The Morgan fingerprint density at radius 3 is 2.84 bits per heavy atom. The van der Waals surface area contributed by atoms with Gasteiger partial charge in [0.2, 0.25) is 0 Å². The third-order valence-electron chi connectivity index (χ3n) is 2.84. The number of anilines is 1. The van der Waals surface area contributed by atoms with Crippen molar-refractivity contribution in [2.75, 3.05) is 18.9 Å². The minimum Gasteiger partial charge on any atom is -0.489 e. The van der Waals surface area contributed by atoms with Crippen LogP contribution in [0.5, 0.6) is 11.5 Å². The summed E-state index contributed by atoms with van der Waals surface area (Å²) in [6.07, 6.45) is 0.846. The highest BCUT2D eigenvalue weighted by atomic mass is 35.5. The SMILES string of the molecule is Cc1nc(-c2cc(Cl)c3c(c2)OCCCO3)c(N)s1. The number of hydrogen-bond donors (Lipinski definition) is 1. The first-order valence-electron chi connectivity index (χ1n) is 5.97. The van der Waals surface area contributed by atoms with Crippen molar-refractivity contribution in [3.8, 4) is 22.8 Å². The molecule has 0 atom stereocenters. The van der Waals surface area contributed by atoms with E-state index in [2.05, 4.69) is 4.98 Å². The Kier molecular flexibility index (Phi) is 3.24. The molecule has 0 unspecified atom stereocenters. The van der Waals surface area contributed by atoms with Gasteiger partial charge in [0.15, 0.2) is 11.5 Å². The molecule has 1 aromatic heterocycles. The summed E-state index contributed by atoms with van der Waals surface area (Å²) in [7, 11) is 0. The van der Waals surface area contributed by atoms with Crippen LogP contribution in [-0.2, 0) is 0 Å². The fraction of sp³-hybridized carbons (Fsp3) is 0.308. The van der Waals surface area contributed by atoms with Gasteiger partial charge in [-0.25, -0.2) is 4.98 Å². The van der Waals surface area contributed by atoms with Crippen molar-refractivity contribution >= 4 is 27.9 Å². The van der Waals surface area contributed by atoms with E-state index in [1.54, 1.807) is 0 Å². The van der Waals surface area contributed by atoms with Crippen LogP contribution in [0.15, 0.2) is 12.1 Å². The molecule has 2 heterocycles. The van der Waals surface area contributed by atoms with Gasteiger partial charge in [-0.05, 0) is 19.1 Å². The number of thiazole rings is 1. The Morgan fingerprint density at radius 1 is 1.32 bits per heavy atom. The first kappa shape index (κ1) is 12.6. The van der Waals surface area contributed by atoms with Crippen molar-refractivity contribution in [3.63, 3.8) is 0 Å². The number of benzene rings is 1. The minimum absolute atomic E-state index is 0.527. The number of nitrogens with zero attached hydrogens (tertiary/aromatic N) is 1. The third kappa shape index (κ3) is 2.35. The zero-order chi connectivity index (χ0) is 13.4. The molecule has 4 nitrogen and oxygen atoms in total. The lowest BCUT2D eigenvalue weighted by Gasteiger charge is -2.11. The summed E-state index contributed by atoms with van der Waals surface area (Å²) in [5.41, 5.74) is 7.58. The fourth-order valence-electron chi connectivity index (χ4n) is 2.02. The number of hydrogen-bond acceptors (Lipinski definition) is 5. The molecule has 0 radical (unpaired) electrons. The summed E-state index contributed by atoms with van der Waals surface area (Å²) in [5.74, 6) is 1.26. The van der Waals surface area contributed by atoms with E-state index in [1.165, 1.54) is 11.3 Å². The number of rotatable bonds is 1. The van der Waals surface area contributed by atoms with Gasteiger partial charge in [-0.2, -0.15) is 0 Å². The number of nitrogens with two attached hydrogens (primary N) is 1. The maximum absolute atomic E-state index is 6.26. The van der Waals surface area contributed by atoms with Crippen molar-refractivity contribution in [1.82, 2.24) is 4.98 Å². The van der Waals surface area contributed by atoms with Gasteiger partial charge in [0.1, 0.15) is 10.7 Å². The molecule has 0 saturated heterocycles. The van der Waals surface area contributed by atoms with Gasteiger partial charge in [-0.15, -0.1) is 11.3 Å². The molecule has 0 spiro atoms. The molecular weight excluding hydrogens is 284 g/mol. The van der Waals surface area contributed by atoms with E-state index in [-0.39, 0.29) is 0 Å². The van der Waals surface area contributed by atoms with Gasteiger partial charge in [0, 0.05) is 12.0 Å². The molecule has 3 rings (SSSR count). The lowest BCUT2D eigenvalue weighted by Crippen LogP contribution is -1.97. The van der Waals surface area contributed by atoms with E-state index in [4.69, 9.17) is 26.8 Å². The number of halogens is 1. The molecule has 0 amide bonds. The average molecular weight is 297 g/mol. The molecule has 0 aliphatic carbocycles. The summed E-state index contributed by atoms with van der Waals surface area (Å²) in [6.45, 7) is 3.16. The van der Waals surface area contributed by atoms with Crippen molar-refractivity contribution in [1.29, 1.82) is 0 Å². The number of aromatic nitrogens is 1. The van der Waals surface area contributed by atoms with Crippen LogP contribution in [-0.4, -0.2) is 18.2 Å².